The summed E-state index contributed by atoms with van der Waals surface area (Å²) in [7, 11) is 0. The van der Waals surface area contributed by atoms with Crippen molar-refractivity contribution in [2.75, 3.05) is 6.61 Å². The van der Waals surface area contributed by atoms with Gasteiger partial charge in [0.2, 0.25) is 0 Å². The summed E-state index contributed by atoms with van der Waals surface area (Å²) < 4.78 is 5.72. The van der Waals surface area contributed by atoms with Gasteiger partial charge in [-0.25, -0.2) is 4.79 Å². The van der Waals surface area contributed by atoms with Gasteiger partial charge >= 0.3 is 5.97 Å². The van der Waals surface area contributed by atoms with E-state index in [1.165, 1.54) is 0 Å². The Morgan fingerprint density at radius 2 is 1.12 bits per heavy atom. The van der Waals surface area contributed by atoms with Crippen LogP contribution in [0.25, 0.3) is 5.57 Å². The Morgan fingerprint density at radius 1 is 0.676 bits per heavy atom. The van der Waals surface area contributed by atoms with Crippen LogP contribution in [-0.2, 0) is 16.0 Å². The van der Waals surface area contributed by atoms with Gasteiger partial charge in [0.25, 0.3) is 0 Å². The zero-order valence-electron chi connectivity index (χ0n) is 19.0. The van der Waals surface area contributed by atoms with Crippen molar-refractivity contribution in [1.82, 2.24) is 0 Å². The molecule has 0 aromatic heterocycles. The lowest BCUT2D eigenvalue weighted by Crippen LogP contribution is -2.26. The van der Waals surface area contributed by atoms with E-state index in [0.29, 0.717) is 6.42 Å². The second-order valence-electron chi connectivity index (χ2n) is 7.99. The SMILES string of the molecule is C=C(COC(=O)C(Cc1ccccc1)N=C(c1ccccc1)c1ccccc1)c1ccccc1. The average Bonchev–Trinajstić information content (AvgIpc) is 2.91. The highest BCUT2D eigenvalue weighted by molar-refractivity contribution is 6.13. The molecule has 4 aromatic carbocycles. The molecule has 3 heteroatoms. The molecule has 0 saturated heterocycles. The largest absolute Gasteiger partial charge is 0.459 e. The van der Waals surface area contributed by atoms with Crippen molar-refractivity contribution in [3.05, 3.63) is 150 Å². The van der Waals surface area contributed by atoms with Crippen LogP contribution in [0.4, 0.5) is 0 Å². The number of carbonyl (C=O) groups is 1. The van der Waals surface area contributed by atoms with Gasteiger partial charge in [0.05, 0.1) is 5.71 Å². The van der Waals surface area contributed by atoms with Gasteiger partial charge in [-0.05, 0) is 16.7 Å². The summed E-state index contributed by atoms with van der Waals surface area (Å²) in [6.07, 6.45) is 0.445. The second kappa shape index (κ2) is 11.6. The van der Waals surface area contributed by atoms with Crippen LogP contribution in [0.15, 0.2) is 133 Å². The van der Waals surface area contributed by atoms with Crippen molar-refractivity contribution in [3.63, 3.8) is 0 Å². The van der Waals surface area contributed by atoms with Crippen molar-refractivity contribution in [3.8, 4) is 0 Å². The van der Waals surface area contributed by atoms with E-state index in [0.717, 1.165) is 33.5 Å². The van der Waals surface area contributed by atoms with Crippen molar-refractivity contribution >= 4 is 17.3 Å². The number of esters is 1. The molecule has 4 aromatic rings. The molecule has 0 bridgehead atoms. The third-order valence-electron chi connectivity index (χ3n) is 5.49. The Kier molecular flexibility index (Phi) is 7.81. The quantitative estimate of drug-likeness (QED) is 0.221. The van der Waals surface area contributed by atoms with Crippen molar-refractivity contribution in [1.29, 1.82) is 0 Å². The minimum Gasteiger partial charge on any atom is -0.459 e. The lowest BCUT2D eigenvalue weighted by molar-refractivity contribution is -0.143. The molecule has 0 fully saturated rings. The van der Waals surface area contributed by atoms with Crippen LogP contribution in [-0.4, -0.2) is 24.3 Å². The number of carbonyl (C=O) groups excluding carboxylic acids is 1. The second-order valence-corrected chi connectivity index (χ2v) is 7.99. The molecule has 34 heavy (non-hydrogen) atoms. The van der Waals surface area contributed by atoms with E-state index < -0.39 is 6.04 Å². The summed E-state index contributed by atoms with van der Waals surface area (Å²) in [5, 5.41) is 0. The fraction of sp³-hybridized carbons (Fsp3) is 0.0968. The third kappa shape index (κ3) is 6.17. The van der Waals surface area contributed by atoms with E-state index in [1.54, 1.807) is 0 Å². The predicted molar refractivity (Wildman–Crippen MR) is 139 cm³/mol. The predicted octanol–water partition coefficient (Wildman–Crippen LogP) is 6.39. The molecule has 0 aliphatic rings. The molecule has 0 amide bonds. The molecule has 4 rings (SSSR count). The Bertz CT molecular complexity index is 1190. The minimum atomic E-state index is -0.693. The first-order valence-corrected chi connectivity index (χ1v) is 11.3. The van der Waals surface area contributed by atoms with Crippen molar-refractivity contribution < 1.29 is 9.53 Å². The molecule has 0 aliphatic heterocycles. The van der Waals surface area contributed by atoms with Gasteiger partial charge in [0.15, 0.2) is 6.04 Å². The average molecular weight is 446 g/mol. The van der Waals surface area contributed by atoms with Crippen LogP contribution in [0.1, 0.15) is 22.3 Å². The fourth-order valence-electron chi connectivity index (χ4n) is 3.69. The van der Waals surface area contributed by atoms with Gasteiger partial charge < -0.3 is 4.74 Å². The third-order valence-corrected chi connectivity index (χ3v) is 5.49. The smallest absolute Gasteiger partial charge is 0.331 e. The Balaban J connectivity index is 1.64. The molecule has 0 radical (unpaired) electrons. The van der Waals surface area contributed by atoms with Crippen LogP contribution in [0.5, 0.6) is 0 Å². The van der Waals surface area contributed by atoms with E-state index in [-0.39, 0.29) is 12.6 Å². The molecule has 1 unspecified atom stereocenters. The molecule has 0 heterocycles. The number of ether oxygens (including phenoxy) is 1. The highest BCUT2D eigenvalue weighted by Gasteiger charge is 2.22. The van der Waals surface area contributed by atoms with Crippen LogP contribution in [0, 0.1) is 0 Å². The Hall–Kier alpha value is -4.24. The number of hydrogen-bond acceptors (Lipinski definition) is 3. The molecular weight excluding hydrogens is 418 g/mol. The standard InChI is InChI=1S/C31H27NO2/c1-24(26-16-8-3-9-17-26)23-34-31(33)29(22-25-14-6-2-7-15-25)32-30(27-18-10-4-11-19-27)28-20-12-5-13-21-28/h2-21,29H,1,22-23H2. The van der Waals surface area contributed by atoms with Gasteiger partial charge in [0.1, 0.15) is 6.61 Å². The normalized spacial score (nSPS) is 11.3. The maximum atomic E-state index is 13.3. The summed E-state index contributed by atoms with van der Waals surface area (Å²) in [5.41, 5.74) is 5.40. The fourth-order valence-corrected chi connectivity index (χ4v) is 3.69. The number of hydrogen-bond donors (Lipinski definition) is 0. The highest BCUT2D eigenvalue weighted by Crippen LogP contribution is 2.17. The highest BCUT2D eigenvalue weighted by atomic mass is 16.5. The van der Waals surface area contributed by atoms with E-state index in [9.17, 15) is 4.79 Å². The van der Waals surface area contributed by atoms with Crippen LogP contribution >= 0.6 is 0 Å². The molecule has 1 atom stereocenters. The first-order chi connectivity index (χ1) is 16.7. The van der Waals surface area contributed by atoms with E-state index in [4.69, 9.17) is 9.73 Å². The number of aliphatic imine (C=N–C) groups is 1. The first-order valence-electron chi connectivity index (χ1n) is 11.3. The zero-order chi connectivity index (χ0) is 23.6. The zero-order valence-corrected chi connectivity index (χ0v) is 19.0. The molecule has 3 nitrogen and oxygen atoms in total. The van der Waals surface area contributed by atoms with Gasteiger partial charge in [-0.15, -0.1) is 0 Å². The lowest BCUT2D eigenvalue weighted by atomic mass is 10.0. The molecule has 0 aliphatic carbocycles. The van der Waals surface area contributed by atoms with Gasteiger partial charge in [-0.2, -0.15) is 0 Å². The monoisotopic (exact) mass is 445 g/mol. The van der Waals surface area contributed by atoms with Gasteiger partial charge in [-0.3, -0.25) is 4.99 Å². The summed E-state index contributed by atoms with van der Waals surface area (Å²) in [6, 6.07) is 38.8. The van der Waals surface area contributed by atoms with E-state index in [1.807, 2.05) is 121 Å². The molecule has 168 valence electrons. The Labute approximate surface area is 201 Å². The lowest BCUT2D eigenvalue weighted by Gasteiger charge is -2.16. The molecule has 0 N–H and O–H groups in total. The van der Waals surface area contributed by atoms with Crippen LogP contribution in [0.3, 0.4) is 0 Å². The number of rotatable bonds is 9. The van der Waals surface area contributed by atoms with Crippen molar-refractivity contribution in [2.45, 2.75) is 12.5 Å². The first kappa shape index (κ1) is 22.9. The van der Waals surface area contributed by atoms with Gasteiger partial charge in [0, 0.05) is 17.5 Å². The summed E-state index contributed by atoms with van der Waals surface area (Å²) in [5.74, 6) is -0.370. The van der Waals surface area contributed by atoms with Crippen LogP contribution in [0.2, 0.25) is 0 Å². The molecule has 0 saturated carbocycles. The molecule has 0 spiro atoms. The van der Waals surface area contributed by atoms with E-state index >= 15 is 0 Å². The van der Waals surface area contributed by atoms with E-state index in [2.05, 4.69) is 6.58 Å². The minimum absolute atomic E-state index is 0.121. The summed E-state index contributed by atoms with van der Waals surface area (Å²) in [4.78, 5) is 18.3. The maximum absolute atomic E-state index is 13.3. The van der Waals surface area contributed by atoms with Crippen LogP contribution < -0.4 is 0 Å². The number of benzene rings is 4. The maximum Gasteiger partial charge on any atom is 0.331 e. The summed E-state index contributed by atoms with van der Waals surface area (Å²) in [6.45, 7) is 4.20. The molecular formula is C31H27NO2. The summed E-state index contributed by atoms with van der Waals surface area (Å²) >= 11 is 0. The van der Waals surface area contributed by atoms with Gasteiger partial charge in [-0.1, -0.05) is 128 Å². The topological polar surface area (TPSA) is 38.7 Å². The number of nitrogens with zero attached hydrogens (tertiary/aromatic N) is 1. The Morgan fingerprint density at radius 3 is 1.62 bits per heavy atom. The van der Waals surface area contributed by atoms with Crippen molar-refractivity contribution in [2.24, 2.45) is 4.99 Å².